The first kappa shape index (κ1) is 20.4. The highest BCUT2D eigenvalue weighted by molar-refractivity contribution is 6.23. The van der Waals surface area contributed by atoms with E-state index in [-0.39, 0.29) is 46.1 Å². The first-order valence-electron chi connectivity index (χ1n) is 8.18. The van der Waals surface area contributed by atoms with Crippen LogP contribution < -0.4 is 10.6 Å². The van der Waals surface area contributed by atoms with Gasteiger partial charge in [0, 0.05) is 35.0 Å². The highest BCUT2D eigenvalue weighted by Crippen LogP contribution is 2.30. The van der Waals surface area contributed by atoms with E-state index in [1.165, 1.54) is 24.3 Å². The van der Waals surface area contributed by atoms with E-state index in [0.29, 0.717) is 0 Å². The molecule has 0 saturated carbocycles. The summed E-state index contributed by atoms with van der Waals surface area (Å²) in [6, 6.07) is 4.79. The number of carboxylic acid groups (broad SMARTS) is 2. The van der Waals surface area contributed by atoms with Crippen molar-refractivity contribution >= 4 is 34.5 Å². The van der Waals surface area contributed by atoms with Gasteiger partial charge in [-0.1, -0.05) is 12.2 Å². The number of carboxylic acids is 2. The molecule has 0 heterocycles. The summed E-state index contributed by atoms with van der Waals surface area (Å²) in [7, 11) is 0. The maximum Gasteiger partial charge on any atom is 0.336 e. The molecular weight excluding hydrogens is 364 g/mol. The lowest BCUT2D eigenvalue weighted by Crippen LogP contribution is -2.26. The maximum absolute atomic E-state index is 12.5. The van der Waals surface area contributed by atoms with Crippen molar-refractivity contribution in [3.8, 4) is 0 Å². The minimum atomic E-state index is -1.36. The summed E-state index contributed by atoms with van der Waals surface area (Å²) in [6.45, 7) is 7.24. The zero-order valence-electron chi connectivity index (χ0n) is 14.8. The van der Waals surface area contributed by atoms with Gasteiger partial charge in [0.25, 0.3) is 11.8 Å². The molecule has 0 spiro atoms. The number of hydrogen-bond acceptors (Lipinski definition) is 4. The number of nitrogens with one attached hydrogen (secondary N) is 2. The van der Waals surface area contributed by atoms with Gasteiger partial charge in [-0.15, -0.1) is 13.2 Å². The van der Waals surface area contributed by atoms with Crippen molar-refractivity contribution in [1.29, 1.82) is 0 Å². The Hall–Kier alpha value is -3.94. The molecule has 2 rings (SSSR count). The van der Waals surface area contributed by atoms with Gasteiger partial charge >= 0.3 is 11.9 Å². The third-order valence-electron chi connectivity index (χ3n) is 3.92. The summed E-state index contributed by atoms with van der Waals surface area (Å²) in [5.41, 5.74) is -0.695. The number of carbonyl (C=O) groups is 4. The maximum atomic E-state index is 12.5. The molecule has 2 amide bonds. The van der Waals surface area contributed by atoms with Crippen molar-refractivity contribution in [2.24, 2.45) is 0 Å². The van der Waals surface area contributed by atoms with E-state index in [2.05, 4.69) is 23.8 Å². The van der Waals surface area contributed by atoms with Crippen LogP contribution in [0.25, 0.3) is 10.8 Å². The number of rotatable bonds is 8. The largest absolute Gasteiger partial charge is 0.478 e. The van der Waals surface area contributed by atoms with Crippen LogP contribution in [0.15, 0.2) is 49.6 Å². The zero-order chi connectivity index (χ0) is 20.8. The fraction of sp³-hybridized carbons (Fsp3) is 0.100. The fourth-order valence-corrected chi connectivity index (χ4v) is 2.75. The number of aromatic carboxylic acids is 2. The van der Waals surface area contributed by atoms with Crippen molar-refractivity contribution in [3.05, 3.63) is 71.8 Å². The minimum Gasteiger partial charge on any atom is -0.478 e. The van der Waals surface area contributed by atoms with Crippen molar-refractivity contribution in [2.45, 2.75) is 0 Å². The molecule has 0 bridgehead atoms. The predicted octanol–water partition coefficient (Wildman–Crippen LogP) is 2.07. The monoisotopic (exact) mass is 382 g/mol. The Kier molecular flexibility index (Phi) is 6.28. The molecule has 0 fully saturated rings. The fourth-order valence-electron chi connectivity index (χ4n) is 2.75. The second kappa shape index (κ2) is 8.63. The SMILES string of the molecule is C=CCNC(=O)c1ccc(C(=O)NCC=C)c2c(C(=O)O)ccc(C(=O)O)c12. The third-order valence-corrected chi connectivity index (χ3v) is 3.92. The predicted molar refractivity (Wildman–Crippen MR) is 103 cm³/mol. The highest BCUT2D eigenvalue weighted by Gasteiger charge is 2.25. The molecule has 28 heavy (non-hydrogen) atoms. The first-order valence-corrected chi connectivity index (χ1v) is 8.18. The van der Waals surface area contributed by atoms with E-state index in [1.54, 1.807) is 0 Å². The molecule has 144 valence electrons. The van der Waals surface area contributed by atoms with Crippen LogP contribution in [0.1, 0.15) is 41.4 Å². The molecule has 0 aliphatic heterocycles. The number of carbonyl (C=O) groups excluding carboxylic acids is 2. The second-order valence-corrected chi connectivity index (χ2v) is 5.68. The van der Waals surface area contributed by atoms with Gasteiger partial charge < -0.3 is 20.8 Å². The summed E-state index contributed by atoms with van der Waals surface area (Å²) in [5, 5.41) is 23.9. The number of amides is 2. The normalized spacial score (nSPS) is 10.1. The summed E-state index contributed by atoms with van der Waals surface area (Å²) < 4.78 is 0. The van der Waals surface area contributed by atoms with Crippen molar-refractivity contribution in [2.75, 3.05) is 13.1 Å². The Bertz CT molecular complexity index is 929. The van der Waals surface area contributed by atoms with E-state index < -0.39 is 23.8 Å². The van der Waals surface area contributed by atoms with Crippen molar-refractivity contribution in [1.82, 2.24) is 10.6 Å². The molecule has 0 radical (unpaired) electrons. The van der Waals surface area contributed by atoms with Crippen LogP contribution >= 0.6 is 0 Å². The highest BCUT2D eigenvalue weighted by atomic mass is 16.4. The van der Waals surface area contributed by atoms with Gasteiger partial charge in [0.05, 0.1) is 11.1 Å². The van der Waals surface area contributed by atoms with E-state index >= 15 is 0 Å². The van der Waals surface area contributed by atoms with E-state index in [0.717, 1.165) is 12.1 Å². The van der Waals surface area contributed by atoms with Gasteiger partial charge in [0.15, 0.2) is 0 Å². The molecule has 8 heteroatoms. The van der Waals surface area contributed by atoms with Crippen LogP contribution in [0.2, 0.25) is 0 Å². The molecular formula is C20H18N2O6. The minimum absolute atomic E-state index is 0.0578. The van der Waals surface area contributed by atoms with Crippen LogP contribution in [-0.4, -0.2) is 47.1 Å². The molecule has 8 nitrogen and oxygen atoms in total. The van der Waals surface area contributed by atoms with Gasteiger partial charge in [-0.3, -0.25) is 9.59 Å². The standard InChI is InChI=1S/C20H18N2O6/c1-3-9-21-17(23)11-5-6-12(18(24)22-10-4-2)16-14(20(27)28)8-7-13(15(11)16)19(25)26/h3-8H,1-2,9-10H2,(H,21,23)(H,22,24)(H,25,26)(H,27,28). The van der Waals surface area contributed by atoms with Crippen LogP contribution in [0.4, 0.5) is 0 Å². The summed E-state index contributed by atoms with van der Waals surface area (Å²) in [6.07, 6.45) is 2.88. The first-order chi connectivity index (χ1) is 13.3. The average molecular weight is 382 g/mol. The third kappa shape index (κ3) is 3.90. The van der Waals surface area contributed by atoms with E-state index in [9.17, 15) is 29.4 Å². The Morgan fingerprint density at radius 2 is 1.04 bits per heavy atom. The number of fused-ring (bicyclic) bond motifs is 1. The van der Waals surface area contributed by atoms with Gasteiger partial charge in [-0.2, -0.15) is 0 Å². The Labute approximate surface area is 160 Å². The van der Waals surface area contributed by atoms with Crippen molar-refractivity contribution < 1.29 is 29.4 Å². The topological polar surface area (TPSA) is 133 Å². The molecule has 4 N–H and O–H groups in total. The summed E-state index contributed by atoms with van der Waals surface area (Å²) in [4.78, 5) is 48.5. The summed E-state index contributed by atoms with van der Waals surface area (Å²) in [5.74, 6) is -3.95. The van der Waals surface area contributed by atoms with Crippen LogP contribution in [0.5, 0.6) is 0 Å². The van der Waals surface area contributed by atoms with Gasteiger partial charge in [-0.05, 0) is 24.3 Å². The Morgan fingerprint density at radius 3 is 1.32 bits per heavy atom. The molecule has 0 saturated heterocycles. The summed E-state index contributed by atoms with van der Waals surface area (Å²) >= 11 is 0. The molecule has 0 unspecified atom stereocenters. The zero-order valence-corrected chi connectivity index (χ0v) is 14.8. The average Bonchev–Trinajstić information content (AvgIpc) is 2.67. The van der Waals surface area contributed by atoms with Crippen molar-refractivity contribution in [3.63, 3.8) is 0 Å². The second-order valence-electron chi connectivity index (χ2n) is 5.68. The number of benzene rings is 2. The molecule has 2 aromatic rings. The molecule has 2 aromatic carbocycles. The molecule has 0 atom stereocenters. The van der Waals surface area contributed by atoms with E-state index in [1.807, 2.05) is 0 Å². The van der Waals surface area contributed by atoms with E-state index in [4.69, 9.17) is 0 Å². The Morgan fingerprint density at radius 1 is 0.714 bits per heavy atom. The van der Waals surface area contributed by atoms with Gasteiger partial charge in [-0.25, -0.2) is 9.59 Å². The quantitative estimate of drug-likeness (QED) is 0.517. The van der Waals surface area contributed by atoms with Crippen LogP contribution in [0, 0.1) is 0 Å². The van der Waals surface area contributed by atoms with Gasteiger partial charge in [0.2, 0.25) is 0 Å². The lowest BCUT2D eigenvalue weighted by molar-refractivity contribution is 0.0684. The number of hydrogen-bond donors (Lipinski definition) is 4. The lowest BCUT2D eigenvalue weighted by Gasteiger charge is -2.15. The molecule has 0 aliphatic rings. The van der Waals surface area contributed by atoms with Crippen LogP contribution in [0.3, 0.4) is 0 Å². The van der Waals surface area contributed by atoms with Crippen LogP contribution in [-0.2, 0) is 0 Å². The molecule has 0 aliphatic carbocycles. The van der Waals surface area contributed by atoms with Gasteiger partial charge in [0.1, 0.15) is 0 Å². The smallest absolute Gasteiger partial charge is 0.336 e. The Balaban J connectivity index is 2.92. The lowest BCUT2D eigenvalue weighted by atomic mass is 9.91. The molecule has 0 aromatic heterocycles.